The molecule has 1 unspecified atom stereocenters. The molecule has 2 N–H and O–H groups in total. The van der Waals surface area contributed by atoms with Gasteiger partial charge in [-0.3, -0.25) is 38.8 Å². The zero-order chi connectivity index (χ0) is 54.1. The van der Waals surface area contributed by atoms with E-state index in [0.29, 0.717) is 59.7 Å². The minimum atomic E-state index is -3.91. The number of para-hydroxylation sites is 2. The van der Waals surface area contributed by atoms with Crippen LogP contribution in [0.4, 0.5) is 11.4 Å². The number of anilines is 2. The van der Waals surface area contributed by atoms with E-state index in [2.05, 4.69) is 96.5 Å². The molecule has 6 aromatic carbocycles. The van der Waals surface area contributed by atoms with Crippen molar-refractivity contribution in [2.75, 3.05) is 61.8 Å². The molecular formula is C62H62N8O6S2. The number of fused-ring (bicyclic) bond motifs is 2. The Labute approximate surface area is 457 Å². The number of aromatic nitrogens is 2. The molecule has 2 aliphatic rings. The van der Waals surface area contributed by atoms with E-state index in [0.717, 1.165) is 81.3 Å². The highest BCUT2D eigenvalue weighted by Crippen LogP contribution is 2.27. The van der Waals surface area contributed by atoms with Crippen molar-refractivity contribution in [1.82, 2.24) is 29.6 Å². The van der Waals surface area contributed by atoms with Crippen molar-refractivity contribution in [3.05, 3.63) is 203 Å². The second-order valence-corrected chi connectivity index (χ2v) is 23.2. The van der Waals surface area contributed by atoms with Crippen molar-refractivity contribution in [2.45, 2.75) is 55.5 Å². The lowest BCUT2D eigenvalue weighted by Gasteiger charge is -2.35. The summed E-state index contributed by atoms with van der Waals surface area (Å²) in [4.78, 5) is 44.3. The number of carbonyl (C=O) groups is 2. The number of pyridine rings is 2. The summed E-state index contributed by atoms with van der Waals surface area (Å²) in [5, 5.41) is 1.46. The highest BCUT2D eigenvalue weighted by Gasteiger charge is 2.26. The van der Waals surface area contributed by atoms with Gasteiger partial charge < -0.3 is 9.80 Å². The lowest BCUT2D eigenvalue weighted by Crippen LogP contribution is -2.48. The fraction of sp³-hybridized carbons (Fsp3) is 0.258. The van der Waals surface area contributed by atoms with E-state index >= 15 is 0 Å². The SMILES string of the molecule is CCCC(C#Cc1ccc(CN2CCN(C(=O)c3ccc(NS(=O)(=O)c4cccc5cccnc45)cc3)CC2)cc1)CCc1ccccc1CN1CCN(C(=O)c2ccc(NS(=O)(=O)c3cccc4cccnc34)cc2)CC1. The van der Waals surface area contributed by atoms with Gasteiger partial charge in [-0.2, -0.15) is 0 Å². The predicted molar refractivity (Wildman–Crippen MR) is 307 cm³/mol. The van der Waals surface area contributed by atoms with Gasteiger partial charge in [0.2, 0.25) is 0 Å². The Morgan fingerprint density at radius 1 is 0.526 bits per heavy atom. The molecule has 2 aromatic heterocycles. The van der Waals surface area contributed by atoms with Crippen LogP contribution in [0, 0.1) is 17.8 Å². The van der Waals surface area contributed by atoms with Crippen LogP contribution in [0.2, 0.25) is 0 Å². The molecule has 2 amide bonds. The number of piperazine rings is 2. The monoisotopic (exact) mass is 1080 g/mol. The van der Waals surface area contributed by atoms with Crippen LogP contribution in [0.5, 0.6) is 0 Å². The van der Waals surface area contributed by atoms with Crippen LogP contribution in [0.1, 0.15) is 69.2 Å². The van der Waals surface area contributed by atoms with Crippen LogP contribution in [0.15, 0.2) is 180 Å². The Morgan fingerprint density at radius 3 is 1.50 bits per heavy atom. The maximum atomic E-state index is 13.6. The molecule has 78 heavy (non-hydrogen) atoms. The van der Waals surface area contributed by atoms with E-state index in [1.165, 1.54) is 28.8 Å². The molecular weight excluding hydrogens is 1020 g/mol. The standard InChI is InChI=1S/C62H62N8O6S2/c1-2-9-46(18-19-47-20-22-48(23-21-47)44-67-36-40-69(41-37-67)61(71)52-26-30-55(31-27-52)65-77(73,74)57-16-5-12-50-14-7-34-63-59(50)57)24-25-49-10-3-4-11-54(49)45-68-38-42-70(43-39-68)62(72)53-28-32-56(33-29-53)66-78(75,76)58-17-6-13-51-15-8-35-64-60(51)58/h3-8,10-17,20-23,26-35,46,65-66H,2,9,24-25,36-45H2,1H3. The molecule has 8 aromatic rings. The molecule has 0 spiro atoms. The highest BCUT2D eigenvalue weighted by atomic mass is 32.2. The van der Waals surface area contributed by atoms with Gasteiger partial charge in [0, 0.05) is 123 Å². The van der Waals surface area contributed by atoms with Crippen molar-refractivity contribution in [2.24, 2.45) is 5.92 Å². The number of rotatable bonds is 17. The average molecular weight is 1080 g/mol. The van der Waals surface area contributed by atoms with Gasteiger partial charge in [-0.15, -0.1) is 0 Å². The first kappa shape index (κ1) is 53.5. The summed E-state index contributed by atoms with van der Waals surface area (Å²) in [6, 6.07) is 47.6. The third kappa shape index (κ3) is 12.9. The summed E-state index contributed by atoms with van der Waals surface area (Å²) in [5.41, 5.74) is 7.36. The summed E-state index contributed by atoms with van der Waals surface area (Å²) < 4.78 is 58.5. The van der Waals surface area contributed by atoms with Gasteiger partial charge in [0.15, 0.2) is 0 Å². The third-order valence-corrected chi connectivity index (χ3v) is 17.4. The molecule has 2 saturated heterocycles. The predicted octanol–water partition coefficient (Wildman–Crippen LogP) is 9.70. The first-order valence-electron chi connectivity index (χ1n) is 26.5. The zero-order valence-corrected chi connectivity index (χ0v) is 45.2. The van der Waals surface area contributed by atoms with Gasteiger partial charge in [0.1, 0.15) is 9.79 Å². The van der Waals surface area contributed by atoms with Crippen LogP contribution in [0.3, 0.4) is 0 Å². The van der Waals surface area contributed by atoms with E-state index in [4.69, 9.17) is 0 Å². The molecule has 0 radical (unpaired) electrons. The summed E-state index contributed by atoms with van der Waals surface area (Å²) in [7, 11) is -7.82. The van der Waals surface area contributed by atoms with Gasteiger partial charge in [-0.1, -0.05) is 98.0 Å². The molecule has 0 bridgehead atoms. The number of nitrogens with zero attached hydrogens (tertiary/aromatic N) is 6. The Morgan fingerprint density at radius 2 is 1.00 bits per heavy atom. The Kier molecular flexibility index (Phi) is 16.6. The van der Waals surface area contributed by atoms with Crippen LogP contribution in [-0.4, -0.2) is 111 Å². The largest absolute Gasteiger partial charge is 0.336 e. The summed E-state index contributed by atoms with van der Waals surface area (Å²) in [6.07, 6.45) is 7.11. The van der Waals surface area contributed by atoms with Crippen molar-refractivity contribution >= 4 is 65.0 Å². The normalized spacial score (nSPS) is 14.9. The van der Waals surface area contributed by atoms with Gasteiger partial charge in [-0.05, 0) is 121 Å². The number of hydrogen-bond acceptors (Lipinski definition) is 10. The van der Waals surface area contributed by atoms with Crippen LogP contribution < -0.4 is 9.44 Å². The number of hydrogen-bond donors (Lipinski definition) is 2. The third-order valence-electron chi connectivity index (χ3n) is 14.5. The van der Waals surface area contributed by atoms with E-state index < -0.39 is 20.0 Å². The molecule has 0 aliphatic carbocycles. The maximum absolute atomic E-state index is 13.6. The number of amides is 2. The molecule has 2 aliphatic heterocycles. The molecule has 0 saturated carbocycles. The van der Waals surface area contributed by atoms with Gasteiger partial charge >= 0.3 is 0 Å². The van der Waals surface area contributed by atoms with Crippen LogP contribution >= 0.6 is 0 Å². The van der Waals surface area contributed by atoms with E-state index in [1.54, 1.807) is 85.2 Å². The second kappa shape index (κ2) is 24.2. The fourth-order valence-corrected chi connectivity index (χ4v) is 12.7. The second-order valence-electron chi connectivity index (χ2n) is 19.9. The Hall–Kier alpha value is -7.94. The van der Waals surface area contributed by atoms with E-state index in [1.807, 2.05) is 34.1 Å². The van der Waals surface area contributed by atoms with Crippen LogP contribution in [0.25, 0.3) is 21.8 Å². The fourth-order valence-electron chi connectivity index (χ4n) is 10.3. The maximum Gasteiger partial charge on any atom is 0.264 e. The Bertz CT molecular complexity index is 3710. The van der Waals surface area contributed by atoms with E-state index in [9.17, 15) is 26.4 Å². The zero-order valence-electron chi connectivity index (χ0n) is 43.6. The Balaban J connectivity index is 0.659. The van der Waals surface area contributed by atoms with Crippen molar-refractivity contribution in [3.63, 3.8) is 0 Å². The number of carbonyl (C=O) groups excluding carboxylic acids is 2. The number of nitrogens with one attached hydrogen (secondary N) is 2. The van der Waals surface area contributed by atoms with Crippen molar-refractivity contribution in [3.8, 4) is 11.8 Å². The molecule has 14 nitrogen and oxygen atoms in total. The molecule has 398 valence electrons. The van der Waals surface area contributed by atoms with Gasteiger partial charge in [0.05, 0.1) is 11.0 Å². The van der Waals surface area contributed by atoms with Crippen LogP contribution in [-0.2, 0) is 39.6 Å². The van der Waals surface area contributed by atoms with Crippen molar-refractivity contribution < 1.29 is 26.4 Å². The lowest BCUT2D eigenvalue weighted by atomic mass is 9.93. The minimum absolute atomic E-state index is 0.0746. The first-order chi connectivity index (χ1) is 37.9. The molecule has 2 fully saturated rings. The average Bonchev–Trinajstić information content (AvgIpc) is 3.49. The first-order valence-corrected chi connectivity index (χ1v) is 29.5. The summed E-state index contributed by atoms with van der Waals surface area (Å²) >= 11 is 0. The smallest absolute Gasteiger partial charge is 0.264 e. The number of benzene rings is 6. The number of sulfonamides is 2. The van der Waals surface area contributed by atoms with Gasteiger partial charge in [-0.25, -0.2) is 16.8 Å². The molecule has 16 heteroatoms. The summed E-state index contributed by atoms with van der Waals surface area (Å²) in [5.74, 6) is 7.19. The molecule has 4 heterocycles. The van der Waals surface area contributed by atoms with E-state index in [-0.39, 0.29) is 27.5 Å². The quantitative estimate of drug-likeness (QED) is 0.0839. The minimum Gasteiger partial charge on any atom is -0.336 e. The molecule has 1 atom stereocenters. The topological polar surface area (TPSA) is 165 Å². The molecule has 10 rings (SSSR count). The highest BCUT2D eigenvalue weighted by molar-refractivity contribution is 7.93. The van der Waals surface area contributed by atoms with Crippen molar-refractivity contribution in [1.29, 1.82) is 0 Å². The summed E-state index contributed by atoms with van der Waals surface area (Å²) in [6.45, 7) is 9.16. The van der Waals surface area contributed by atoms with Gasteiger partial charge in [0.25, 0.3) is 31.9 Å². The number of aryl methyl sites for hydroxylation is 1. The lowest BCUT2D eigenvalue weighted by molar-refractivity contribution is 0.0621.